The number of carbonyl (C=O) groups excluding carboxylic acids is 1. The summed E-state index contributed by atoms with van der Waals surface area (Å²) in [7, 11) is 0. The van der Waals surface area contributed by atoms with Crippen LogP contribution in [-0.2, 0) is 6.54 Å². The average Bonchev–Trinajstić information content (AvgIpc) is 2.67. The van der Waals surface area contributed by atoms with Crippen molar-refractivity contribution in [3.63, 3.8) is 0 Å². The quantitative estimate of drug-likeness (QED) is 0.631. The molecular formula is C21H22N4O. The number of pyridine rings is 1. The standard InChI is InChI=1S/C21H22N4O/c1-15(22)19-8-7-17(21(26)25-18-9-11-23-12-10-18)13-20(19)24-14-16-5-3-2-4-6-16/h2-13,15,24H,14,22H2,1H3,(H,23,25,26)/t15-/m1/s1. The monoisotopic (exact) mass is 346 g/mol. The molecule has 3 aromatic rings. The van der Waals surface area contributed by atoms with Gasteiger partial charge in [0.25, 0.3) is 5.91 Å². The first kappa shape index (κ1) is 17.6. The van der Waals surface area contributed by atoms with Crippen molar-refractivity contribution in [3.8, 4) is 0 Å². The van der Waals surface area contributed by atoms with E-state index in [1.54, 1.807) is 30.6 Å². The second kappa shape index (κ2) is 8.27. The van der Waals surface area contributed by atoms with Gasteiger partial charge in [-0.1, -0.05) is 36.4 Å². The molecule has 26 heavy (non-hydrogen) atoms. The fraction of sp³-hybridized carbons (Fsp3) is 0.143. The second-order valence-corrected chi connectivity index (χ2v) is 6.12. The predicted octanol–water partition coefficient (Wildman–Crippen LogP) is 3.97. The molecule has 1 atom stereocenters. The van der Waals surface area contributed by atoms with Crippen LogP contribution < -0.4 is 16.4 Å². The zero-order valence-corrected chi connectivity index (χ0v) is 14.6. The Labute approximate surface area is 153 Å². The number of aromatic nitrogens is 1. The fourth-order valence-electron chi connectivity index (χ4n) is 2.68. The minimum Gasteiger partial charge on any atom is -0.381 e. The molecular weight excluding hydrogens is 324 g/mol. The van der Waals surface area contributed by atoms with E-state index >= 15 is 0 Å². The van der Waals surface area contributed by atoms with Crippen LogP contribution in [0, 0.1) is 0 Å². The third-order valence-corrected chi connectivity index (χ3v) is 4.07. The molecule has 0 bridgehead atoms. The van der Waals surface area contributed by atoms with Crippen LogP contribution in [0.5, 0.6) is 0 Å². The minimum absolute atomic E-state index is 0.134. The van der Waals surface area contributed by atoms with Gasteiger partial charge in [0.2, 0.25) is 0 Å². The third kappa shape index (κ3) is 4.46. The van der Waals surface area contributed by atoms with Crippen molar-refractivity contribution in [2.45, 2.75) is 19.5 Å². The van der Waals surface area contributed by atoms with Crippen LogP contribution in [0.3, 0.4) is 0 Å². The Balaban J connectivity index is 1.80. The van der Waals surface area contributed by atoms with Gasteiger partial charge in [-0.05, 0) is 42.3 Å². The number of nitrogens with two attached hydrogens (primary N) is 1. The van der Waals surface area contributed by atoms with Crippen LogP contribution in [0.1, 0.15) is 34.5 Å². The highest BCUT2D eigenvalue weighted by Crippen LogP contribution is 2.24. The van der Waals surface area contributed by atoms with Crippen LogP contribution in [0.2, 0.25) is 0 Å². The maximum atomic E-state index is 12.5. The van der Waals surface area contributed by atoms with Crippen LogP contribution in [0.4, 0.5) is 11.4 Å². The molecule has 0 saturated heterocycles. The van der Waals surface area contributed by atoms with Gasteiger partial charge in [-0.2, -0.15) is 0 Å². The molecule has 4 N–H and O–H groups in total. The first-order chi connectivity index (χ1) is 12.6. The number of carbonyl (C=O) groups is 1. The Morgan fingerprint density at radius 1 is 1.08 bits per heavy atom. The number of nitrogens with zero attached hydrogens (tertiary/aromatic N) is 1. The van der Waals surface area contributed by atoms with Crippen molar-refractivity contribution in [1.29, 1.82) is 0 Å². The van der Waals surface area contributed by atoms with E-state index in [-0.39, 0.29) is 11.9 Å². The van der Waals surface area contributed by atoms with Crippen molar-refractivity contribution in [1.82, 2.24) is 4.98 Å². The first-order valence-electron chi connectivity index (χ1n) is 8.52. The highest BCUT2D eigenvalue weighted by molar-refractivity contribution is 6.04. The maximum absolute atomic E-state index is 12.5. The lowest BCUT2D eigenvalue weighted by Gasteiger charge is -2.16. The van der Waals surface area contributed by atoms with Gasteiger partial charge in [-0.25, -0.2) is 0 Å². The average molecular weight is 346 g/mol. The largest absolute Gasteiger partial charge is 0.381 e. The van der Waals surface area contributed by atoms with Gasteiger partial charge in [-0.15, -0.1) is 0 Å². The smallest absolute Gasteiger partial charge is 0.255 e. The maximum Gasteiger partial charge on any atom is 0.255 e. The Morgan fingerprint density at radius 2 is 1.81 bits per heavy atom. The molecule has 3 rings (SSSR count). The van der Waals surface area contributed by atoms with Gasteiger partial charge < -0.3 is 16.4 Å². The summed E-state index contributed by atoms with van der Waals surface area (Å²) in [5, 5.41) is 6.27. The van der Waals surface area contributed by atoms with E-state index in [9.17, 15) is 4.79 Å². The number of anilines is 2. The van der Waals surface area contributed by atoms with Crippen LogP contribution in [-0.4, -0.2) is 10.9 Å². The lowest BCUT2D eigenvalue weighted by molar-refractivity contribution is 0.102. The summed E-state index contributed by atoms with van der Waals surface area (Å²) < 4.78 is 0. The summed E-state index contributed by atoms with van der Waals surface area (Å²) in [6.45, 7) is 2.59. The first-order valence-corrected chi connectivity index (χ1v) is 8.52. The van der Waals surface area contributed by atoms with Crippen molar-refractivity contribution < 1.29 is 4.79 Å². The summed E-state index contributed by atoms with van der Waals surface area (Å²) in [6, 6.07) is 19.0. The van der Waals surface area contributed by atoms with Gasteiger partial charge in [-0.3, -0.25) is 9.78 Å². The summed E-state index contributed by atoms with van der Waals surface area (Å²) in [4.78, 5) is 16.5. The van der Waals surface area contributed by atoms with E-state index in [4.69, 9.17) is 5.73 Å². The van der Waals surface area contributed by atoms with Gasteiger partial charge in [0, 0.05) is 41.9 Å². The van der Waals surface area contributed by atoms with Gasteiger partial charge >= 0.3 is 0 Å². The van der Waals surface area contributed by atoms with Crippen molar-refractivity contribution in [2.24, 2.45) is 5.73 Å². The van der Waals surface area contributed by atoms with E-state index in [1.165, 1.54) is 0 Å². The van der Waals surface area contributed by atoms with Crippen molar-refractivity contribution in [3.05, 3.63) is 89.7 Å². The number of hydrogen-bond donors (Lipinski definition) is 3. The number of hydrogen-bond acceptors (Lipinski definition) is 4. The lowest BCUT2D eigenvalue weighted by Crippen LogP contribution is -2.15. The van der Waals surface area contributed by atoms with Crippen molar-refractivity contribution >= 4 is 17.3 Å². The second-order valence-electron chi connectivity index (χ2n) is 6.12. The number of rotatable bonds is 6. The van der Waals surface area contributed by atoms with E-state index in [0.717, 1.165) is 16.8 Å². The molecule has 0 aliphatic carbocycles. The van der Waals surface area contributed by atoms with Gasteiger partial charge in [0.05, 0.1) is 0 Å². The number of benzene rings is 2. The molecule has 5 nitrogen and oxygen atoms in total. The SMILES string of the molecule is C[C@@H](N)c1ccc(C(=O)Nc2ccncc2)cc1NCc1ccccc1. The molecule has 2 aromatic carbocycles. The molecule has 0 aliphatic rings. The minimum atomic E-state index is -0.171. The number of nitrogens with one attached hydrogen (secondary N) is 2. The third-order valence-electron chi connectivity index (χ3n) is 4.07. The molecule has 0 unspecified atom stereocenters. The number of amides is 1. The van der Waals surface area contributed by atoms with Crippen LogP contribution >= 0.6 is 0 Å². The highest BCUT2D eigenvalue weighted by atomic mass is 16.1. The summed E-state index contributed by atoms with van der Waals surface area (Å²) in [5.74, 6) is -0.171. The molecule has 1 aromatic heterocycles. The molecule has 5 heteroatoms. The molecule has 0 saturated carbocycles. The highest BCUT2D eigenvalue weighted by Gasteiger charge is 2.12. The summed E-state index contributed by atoms with van der Waals surface area (Å²) in [5.41, 5.74) is 10.4. The van der Waals surface area contributed by atoms with Gasteiger partial charge in [0.1, 0.15) is 0 Å². The summed E-state index contributed by atoms with van der Waals surface area (Å²) >= 11 is 0. The lowest BCUT2D eigenvalue weighted by atomic mass is 10.0. The summed E-state index contributed by atoms with van der Waals surface area (Å²) in [6.07, 6.45) is 3.28. The zero-order valence-electron chi connectivity index (χ0n) is 14.6. The van der Waals surface area contributed by atoms with Crippen LogP contribution in [0.15, 0.2) is 73.1 Å². The molecule has 1 heterocycles. The van der Waals surface area contributed by atoms with Crippen LogP contribution in [0.25, 0.3) is 0 Å². The molecule has 132 valence electrons. The van der Waals surface area contributed by atoms with Gasteiger partial charge in [0.15, 0.2) is 0 Å². The molecule has 1 amide bonds. The Hall–Kier alpha value is -3.18. The van der Waals surface area contributed by atoms with Crippen molar-refractivity contribution in [2.75, 3.05) is 10.6 Å². The Kier molecular flexibility index (Phi) is 5.61. The Bertz CT molecular complexity index is 864. The molecule has 0 fully saturated rings. The Morgan fingerprint density at radius 3 is 2.50 bits per heavy atom. The van der Waals surface area contributed by atoms with E-state index in [2.05, 4.69) is 27.8 Å². The molecule has 0 aliphatic heterocycles. The fourth-order valence-corrected chi connectivity index (χ4v) is 2.68. The topological polar surface area (TPSA) is 80.0 Å². The molecule has 0 spiro atoms. The predicted molar refractivity (Wildman–Crippen MR) is 105 cm³/mol. The van der Waals surface area contributed by atoms with E-state index in [1.807, 2.05) is 37.3 Å². The zero-order chi connectivity index (χ0) is 18.4. The molecule has 0 radical (unpaired) electrons. The van der Waals surface area contributed by atoms with E-state index < -0.39 is 0 Å². The normalized spacial score (nSPS) is 11.6. The van der Waals surface area contributed by atoms with E-state index in [0.29, 0.717) is 17.8 Å².